The molecule has 2 N–H and O–H groups in total. The summed E-state index contributed by atoms with van der Waals surface area (Å²) >= 11 is 0. The minimum absolute atomic E-state index is 0.136. The molecule has 0 atom stereocenters. The fraction of sp³-hybridized carbons (Fsp3) is 0. The first-order chi connectivity index (χ1) is 12.5. The number of benzene rings is 4. The third-order valence-corrected chi connectivity index (χ3v) is 4.95. The maximum atomic E-state index is 12.9. The quantitative estimate of drug-likeness (QED) is 0.328. The molecule has 124 valence electrons. The van der Waals surface area contributed by atoms with E-state index in [0.29, 0.717) is 0 Å². The molecule has 0 aliphatic heterocycles. The fourth-order valence-electron chi connectivity index (χ4n) is 3.68. The van der Waals surface area contributed by atoms with Gasteiger partial charge in [0.05, 0.1) is 11.1 Å². The van der Waals surface area contributed by atoms with Gasteiger partial charge in [0.1, 0.15) is 11.5 Å². The fourth-order valence-corrected chi connectivity index (χ4v) is 3.68. The van der Waals surface area contributed by atoms with Crippen LogP contribution in [-0.4, -0.2) is 21.8 Å². The van der Waals surface area contributed by atoms with Gasteiger partial charge in [0.15, 0.2) is 11.6 Å². The Morgan fingerprint density at radius 1 is 0.538 bits per heavy atom. The van der Waals surface area contributed by atoms with Gasteiger partial charge in [-0.05, 0) is 57.9 Å². The zero-order valence-corrected chi connectivity index (χ0v) is 13.5. The van der Waals surface area contributed by atoms with Gasteiger partial charge < -0.3 is 10.2 Å². The van der Waals surface area contributed by atoms with Crippen LogP contribution in [0.2, 0.25) is 0 Å². The van der Waals surface area contributed by atoms with Gasteiger partial charge in [0.2, 0.25) is 0 Å². The highest BCUT2D eigenvalue weighted by molar-refractivity contribution is 6.31. The van der Waals surface area contributed by atoms with E-state index in [1.165, 1.54) is 12.1 Å². The molecule has 0 unspecified atom stereocenters. The summed E-state index contributed by atoms with van der Waals surface area (Å²) in [5, 5.41) is 23.9. The average Bonchev–Trinajstić information content (AvgIpc) is 2.65. The number of carbonyl (C=O) groups is 2. The lowest BCUT2D eigenvalue weighted by molar-refractivity contribution is 0.0974. The van der Waals surface area contributed by atoms with Gasteiger partial charge in [-0.3, -0.25) is 9.59 Å². The predicted octanol–water partition coefficient (Wildman–Crippen LogP) is 4.18. The van der Waals surface area contributed by atoms with Crippen LogP contribution in [0, 0.1) is 0 Å². The lowest BCUT2D eigenvalue weighted by atomic mass is 9.81. The third kappa shape index (κ3) is 1.84. The van der Waals surface area contributed by atoms with E-state index >= 15 is 0 Å². The summed E-state index contributed by atoms with van der Waals surface area (Å²) in [5.74, 6) is -1.53. The van der Waals surface area contributed by atoms with E-state index < -0.39 is 11.6 Å². The number of carbonyl (C=O) groups excluding carboxylic acids is 2. The Bertz CT molecular complexity index is 1190. The number of ketones is 2. The number of aromatic hydroxyl groups is 2. The van der Waals surface area contributed by atoms with E-state index in [2.05, 4.69) is 0 Å². The van der Waals surface area contributed by atoms with Crippen LogP contribution in [-0.2, 0) is 0 Å². The second-order valence-electron chi connectivity index (χ2n) is 6.46. The van der Waals surface area contributed by atoms with Crippen molar-refractivity contribution in [2.24, 2.45) is 0 Å². The molecular formula is C22H12O4. The molecule has 0 radical (unpaired) electrons. The molecule has 26 heavy (non-hydrogen) atoms. The van der Waals surface area contributed by atoms with Crippen molar-refractivity contribution in [1.29, 1.82) is 0 Å². The normalized spacial score (nSPS) is 13.1. The second-order valence-corrected chi connectivity index (χ2v) is 6.46. The standard InChI is InChI=1S/C22H12O4/c23-17-5-6-18(24)20-19(17)21(25)15-9-13-7-11-3-1-2-4-12(11)8-14(13)10-16(15)22(20)26/h1-10,23-24H. The maximum Gasteiger partial charge on any atom is 0.198 e. The number of hydrogen-bond donors (Lipinski definition) is 2. The first kappa shape index (κ1) is 14.7. The van der Waals surface area contributed by atoms with Crippen LogP contribution in [0.15, 0.2) is 60.7 Å². The van der Waals surface area contributed by atoms with E-state index in [0.717, 1.165) is 21.5 Å². The van der Waals surface area contributed by atoms with E-state index in [9.17, 15) is 19.8 Å². The molecule has 0 heterocycles. The molecule has 4 nitrogen and oxygen atoms in total. The first-order valence-corrected chi connectivity index (χ1v) is 8.15. The van der Waals surface area contributed by atoms with Gasteiger partial charge in [-0.2, -0.15) is 0 Å². The molecule has 1 aliphatic carbocycles. The largest absolute Gasteiger partial charge is 0.507 e. The number of rotatable bonds is 0. The molecule has 4 aromatic rings. The van der Waals surface area contributed by atoms with Crippen molar-refractivity contribution in [2.75, 3.05) is 0 Å². The monoisotopic (exact) mass is 340 g/mol. The molecule has 5 rings (SSSR count). The highest BCUT2D eigenvalue weighted by Gasteiger charge is 2.34. The van der Waals surface area contributed by atoms with Gasteiger partial charge in [-0.25, -0.2) is 0 Å². The van der Waals surface area contributed by atoms with Crippen molar-refractivity contribution in [3.8, 4) is 11.5 Å². The molecule has 0 saturated heterocycles. The number of fused-ring (bicyclic) bond motifs is 4. The topological polar surface area (TPSA) is 74.6 Å². The van der Waals surface area contributed by atoms with E-state index in [-0.39, 0.29) is 33.8 Å². The minimum Gasteiger partial charge on any atom is -0.507 e. The average molecular weight is 340 g/mol. The van der Waals surface area contributed by atoms with E-state index in [1.54, 1.807) is 12.1 Å². The van der Waals surface area contributed by atoms with E-state index in [1.807, 2.05) is 36.4 Å². The summed E-state index contributed by atoms with van der Waals surface area (Å²) in [7, 11) is 0. The van der Waals surface area contributed by atoms with Crippen LogP contribution in [0.4, 0.5) is 0 Å². The first-order valence-electron chi connectivity index (χ1n) is 8.15. The van der Waals surface area contributed by atoms with Gasteiger partial charge in [0, 0.05) is 11.1 Å². The van der Waals surface area contributed by atoms with Gasteiger partial charge in [0.25, 0.3) is 0 Å². The Morgan fingerprint density at radius 2 is 0.962 bits per heavy atom. The third-order valence-electron chi connectivity index (χ3n) is 4.95. The van der Waals surface area contributed by atoms with Crippen molar-refractivity contribution in [3.05, 3.63) is 82.9 Å². The van der Waals surface area contributed by atoms with Gasteiger partial charge >= 0.3 is 0 Å². The zero-order valence-electron chi connectivity index (χ0n) is 13.5. The van der Waals surface area contributed by atoms with Gasteiger partial charge in [-0.15, -0.1) is 0 Å². The Hall–Kier alpha value is -3.66. The maximum absolute atomic E-state index is 12.9. The van der Waals surface area contributed by atoms with Crippen LogP contribution in [0.25, 0.3) is 21.5 Å². The predicted molar refractivity (Wildman–Crippen MR) is 98.1 cm³/mol. The van der Waals surface area contributed by atoms with Crippen molar-refractivity contribution >= 4 is 33.1 Å². The Morgan fingerprint density at radius 3 is 1.38 bits per heavy atom. The summed E-state index contributed by atoms with van der Waals surface area (Å²) < 4.78 is 0. The van der Waals surface area contributed by atoms with Crippen molar-refractivity contribution in [2.45, 2.75) is 0 Å². The molecule has 4 aromatic carbocycles. The highest BCUT2D eigenvalue weighted by atomic mass is 16.3. The molecule has 0 aromatic heterocycles. The lowest BCUT2D eigenvalue weighted by Gasteiger charge is -2.20. The van der Waals surface area contributed by atoms with Crippen LogP contribution >= 0.6 is 0 Å². The molecule has 0 saturated carbocycles. The van der Waals surface area contributed by atoms with Gasteiger partial charge in [-0.1, -0.05) is 24.3 Å². The highest BCUT2D eigenvalue weighted by Crippen LogP contribution is 2.39. The van der Waals surface area contributed by atoms with Crippen molar-refractivity contribution < 1.29 is 19.8 Å². The second kappa shape index (κ2) is 4.92. The minimum atomic E-state index is -0.460. The number of hydrogen-bond acceptors (Lipinski definition) is 4. The van der Waals surface area contributed by atoms with Crippen molar-refractivity contribution in [3.63, 3.8) is 0 Å². The molecule has 0 fully saturated rings. The zero-order chi connectivity index (χ0) is 18.0. The Kier molecular flexibility index (Phi) is 2.78. The summed E-state index contributed by atoms with van der Waals surface area (Å²) in [4.78, 5) is 25.8. The lowest BCUT2D eigenvalue weighted by Crippen LogP contribution is -2.21. The molecule has 0 bridgehead atoms. The van der Waals surface area contributed by atoms with E-state index in [4.69, 9.17) is 0 Å². The van der Waals surface area contributed by atoms with Crippen LogP contribution in [0.3, 0.4) is 0 Å². The molecular weight excluding hydrogens is 328 g/mol. The molecule has 0 spiro atoms. The smallest absolute Gasteiger partial charge is 0.198 e. The van der Waals surface area contributed by atoms with Crippen LogP contribution in [0.5, 0.6) is 11.5 Å². The molecule has 1 aliphatic rings. The Balaban J connectivity index is 1.86. The molecule has 4 heteroatoms. The SMILES string of the molecule is O=C1c2cc3cc4ccccc4cc3cc2C(=O)c2c(O)ccc(O)c21. The number of phenols is 2. The molecule has 0 amide bonds. The summed E-state index contributed by atoms with van der Waals surface area (Å²) in [6.07, 6.45) is 0. The van der Waals surface area contributed by atoms with Crippen LogP contribution in [0.1, 0.15) is 31.8 Å². The van der Waals surface area contributed by atoms with Crippen LogP contribution < -0.4 is 0 Å². The van der Waals surface area contributed by atoms with Crippen molar-refractivity contribution in [1.82, 2.24) is 0 Å². The summed E-state index contributed by atoms with van der Waals surface area (Å²) in [5.41, 5.74) is 0.211. The Labute approximate surface area is 147 Å². The number of phenolic OH excluding ortho intramolecular Hbond substituents is 2. The summed E-state index contributed by atoms with van der Waals surface area (Å²) in [6, 6.07) is 17.6. The summed E-state index contributed by atoms with van der Waals surface area (Å²) in [6.45, 7) is 0.